The Morgan fingerprint density at radius 3 is 2.30 bits per heavy atom. The maximum absolute atomic E-state index is 14.0. The Bertz CT molecular complexity index is 629. The van der Waals surface area contributed by atoms with Crippen LogP contribution in [0.3, 0.4) is 0 Å². The smallest absolute Gasteiger partial charge is 0.169 e. The molecule has 20 heavy (non-hydrogen) atoms. The van der Waals surface area contributed by atoms with Crippen molar-refractivity contribution in [2.24, 2.45) is 0 Å². The third-order valence-electron chi connectivity index (χ3n) is 3.00. The lowest BCUT2D eigenvalue weighted by atomic mass is 10.1. The van der Waals surface area contributed by atoms with Crippen LogP contribution in [0.1, 0.15) is 18.5 Å². The van der Waals surface area contributed by atoms with Crippen LogP contribution in [-0.4, -0.2) is 0 Å². The van der Waals surface area contributed by atoms with E-state index in [1.54, 1.807) is 19.1 Å². The molecule has 0 saturated heterocycles. The highest BCUT2D eigenvalue weighted by Crippen LogP contribution is 2.35. The van der Waals surface area contributed by atoms with Crippen molar-refractivity contribution in [2.75, 3.05) is 16.8 Å². The molecule has 0 amide bonds. The third kappa shape index (κ3) is 2.77. The van der Waals surface area contributed by atoms with E-state index in [0.29, 0.717) is 0 Å². The van der Waals surface area contributed by atoms with Gasteiger partial charge in [0.15, 0.2) is 5.82 Å². The van der Waals surface area contributed by atoms with Crippen molar-refractivity contribution in [1.29, 1.82) is 0 Å². The van der Waals surface area contributed by atoms with Crippen LogP contribution in [0.25, 0.3) is 0 Å². The van der Waals surface area contributed by atoms with E-state index in [-0.39, 0.29) is 33.9 Å². The lowest BCUT2D eigenvalue weighted by Crippen LogP contribution is -2.11. The van der Waals surface area contributed by atoms with Crippen LogP contribution >= 0.6 is 11.6 Å². The van der Waals surface area contributed by atoms with Crippen LogP contribution in [0, 0.1) is 11.6 Å². The summed E-state index contributed by atoms with van der Waals surface area (Å²) < 4.78 is 26.9. The van der Waals surface area contributed by atoms with Crippen molar-refractivity contribution < 1.29 is 8.78 Å². The van der Waals surface area contributed by atoms with E-state index in [1.807, 2.05) is 0 Å². The first kappa shape index (κ1) is 14.4. The lowest BCUT2D eigenvalue weighted by molar-refractivity contribution is 0.624. The average Bonchev–Trinajstić information content (AvgIpc) is 2.42. The van der Waals surface area contributed by atoms with Crippen molar-refractivity contribution >= 4 is 28.7 Å². The van der Waals surface area contributed by atoms with Crippen LogP contribution in [0.2, 0.25) is 5.02 Å². The maximum Gasteiger partial charge on any atom is 0.169 e. The average molecular weight is 298 g/mol. The zero-order valence-corrected chi connectivity index (χ0v) is 11.5. The standard InChI is InChI=1S/C14H14ClF2N3/c1-7(8-2-4-9(16)5-3-8)20-14-11(19)6-10(18)12(15)13(14)17/h2-7,20H,18-19H2,1H3. The van der Waals surface area contributed by atoms with Crippen molar-refractivity contribution in [3.8, 4) is 0 Å². The number of hydrogen-bond acceptors (Lipinski definition) is 3. The van der Waals surface area contributed by atoms with Gasteiger partial charge in [-0.1, -0.05) is 23.7 Å². The van der Waals surface area contributed by atoms with Gasteiger partial charge in [0.2, 0.25) is 0 Å². The number of halogens is 3. The molecule has 1 unspecified atom stereocenters. The number of nitrogens with one attached hydrogen (secondary N) is 1. The molecule has 0 spiro atoms. The number of nitrogens with two attached hydrogens (primary N) is 2. The zero-order valence-electron chi connectivity index (χ0n) is 10.8. The fourth-order valence-electron chi connectivity index (χ4n) is 1.86. The molecule has 2 rings (SSSR count). The second-order valence-electron chi connectivity index (χ2n) is 4.48. The van der Waals surface area contributed by atoms with Gasteiger partial charge < -0.3 is 16.8 Å². The van der Waals surface area contributed by atoms with E-state index in [4.69, 9.17) is 23.1 Å². The SMILES string of the molecule is CC(Nc1c(N)cc(N)c(Cl)c1F)c1ccc(F)cc1. The monoisotopic (exact) mass is 297 g/mol. The van der Waals surface area contributed by atoms with Gasteiger partial charge in [-0.05, 0) is 30.7 Å². The first-order valence-electron chi connectivity index (χ1n) is 5.95. The predicted octanol–water partition coefficient (Wildman–Crippen LogP) is 3.96. The molecule has 0 aromatic heterocycles. The molecule has 2 aromatic rings. The molecule has 0 aliphatic carbocycles. The van der Waals surface area contributed by atoms with E-state index in [9.17, 15) is 8.78 Å². The molecule has 0 aliphatic rings. The molecule has 0 radical (unpaired) electrons. The van der Waals surface area contributed by atoms with Crippen LogP contribution in [0.4, 0.5) is 25.8 Å². The molecule has 5 N–H and O–H groups in total. The molecule has 0 fully saturated rings. The molecule has 106 valence electrons. The predicted molar refractivity (Wildman–Crippen MR) is 78.7 cm³/mol. The number of rotatable bonds is 3. The zero-order chi connectivity index (χ0) is 14.9. The number of nitrogen functional groups attached to an aromatic ring is 2. The van der Waals surface area contributed by atoms with Crippen molar-refractivity contribution in [3.05, 3.63) is 52.6 Å². The Morgan fingerprint density at radius 1 is 1.10 bits per heavy atom. The largest absolute Gasteiger partial charge is 0.397 e. The van der Waals surface area contributed by atoms with Crippen molar-refractivity contribution in [2.45, 2.75) is 13.0 Å². The highest BCUT2D eigenvalue weighted by molar-refractivity contribution is 6.33. The molecule has 1 atom stereocenters. The molecular weight excluding hydrogens is 284 g/mol. The Balaban J connectivity index is 2.30. The van der Waals surface area contributed by atoms with Gasteiger partial charge in [0.05, 0.1) is 17.1 Å². The summed E-state index contributed by atoms with van der Waals surface area (Å²) in [6.45, 7) is 1.80. The molecule has 0 saturated carbocycles. The fraction of sp³-hybridized carbons (Fsp3) is 0.143. The Hall–Kier alpha value is -2.01. The summed E-state index contributed by atoms with van der Waals surface area (Å²) in [5, 5.41) is 2.75. The second kappa shape index (κ2) is 5.54. The topological polar surface area (TPSA) is 64.1 Å². The van der Waals surface area contributed by atoms with E-state index < -0.39 is 5.82 Å². The minimum atomic E-state index is -0.696. The summed E-state index contributed by atoms with van der Waals surface area (Å²) in [6, 6.07) is 7.02. The molecule has 0 bridgehead atoms. The van der Waals surface area contributed by atoms with Crippen LogP contribution in [0.5, 0.6) is 0 Å². The number of hydrogen-bond donors (Lipinski definition) is 3. The Morgan fingerprint density at radius 2 is 1.70 bits per heavy atom. The molecule has 0 heterocycles. The van der Waals surface area contributed by atoms with Crippen molar-refractivity contribution in [1.82, 2.24) is 0 Å². The van der Waals surface area contributed by atoms with Gasteiger partial charge in [-0.15, -0.1) is 0 Å². The number of anilines is 3. The van der Waals surface area contributed by atoms with Gasteiger partial charge in [0.25, 0.3) is 0 Å². The molecule has 2 aromatic carbocycles. The van der Waals surface area contributed by atoms with Gasteiger partial charge in [0, 0.05) is 6.04 Å². The van der Waals surface area contributed by atoms with Gasteiger partial charge in [-0.3, -0.25) is 0 Å². The lowest BCUT2D eigenvalue weighted by Gasteiger charge is -2.19. The quantitative estimate of drug-likeness (QED) is 0.752. The molecular formula is C14H14ClF2N3. The van der Waals surface area contributed by atoms with Gasteiger partial charge in [0.1, 0.15) is 10.8 Å². The second-order valence-corrected chi connectivity index (χ2v) is 4.85. The molecule has 0 aliphatic heterocycles. The van der Waals surface area contributed by atoms with E-state index in [1.165, 1.54) is 18.2 Å². The number of benzene rings is 2. The summed E-state index contributed by atoms with van der Waals surface area (Å²) in [7, 11) is 0. The van der Waals surface area contributed by atoms with E-state index >= 15 is 0 Å². The summed E-state index contributed by atoms with van der Waals surface area (Å²) in [4.78, 5) is 0. The van der Waals surface area contributed by atoms with Crippen LogP contribution in [0.15, 0.2) is 30.3 Å². The first-order valence-corrected chi connectivity index (χ1v) is 6.33. The summed E-state index contributed by atoms with van der Waals surface area (Å²) >= 11 is 5.76. The van der Waals surface area contributed by atoms with Gasteiger partial charge in [-0.25, -0.2) is 8.78 Å². The van der Waals surface area contributed by atoms with Gasteiger partial charge in [-0.2, -0.15) is 0 Å². The van der Waals surface area contributed by atoms with Crippen LogP contribution in [-0.2, 0) is 0 Å². The maximum atomic E-state index is 14.0. The normalized spacial score (nSPS) is 12.2. The first-order chi connectivity index (χ1) is 9.40. The van der Waals surface area contributed by atoms with Crippen molar-refractivity contribution in [3.63, 3.8) is 0 Å². The van der Waals surface area contributed by atoms with E-state index in [2.05, 4.69) is 5.32 Å². The highest BCUT2D eigenvalue weighted by Gasteiger charge is 2.16. The van der Waals surface area contributed by atoms with E-state index in [0.717, 1.165) is 5.56 Å². The van der Waals surface area contributed by atoms with Gasteiger partial charge >= 0.3 is 0 Å². The fourth-order valence-corrected chi connectivity index (χ4v) is 2.01. The minimum Gasteiger partial charge on any atom is -0.397 e. The summed E-state index contributed by atoms with van der Waals surface area (Å²) in [5.41, 5.74) is 12.4. The van der Waals surface area contributed by atoms with Crippen LogP contribution < -0.4 is 16.8 Å². The molecule has 6 heteroatoms. The summed E-state index contributed by atoms with van der Waals surface area (Å²) in [5.74, 6) is -1.03. The molecule has 3 nitrogen and oxygen atoms in total. The minimum absolute atomic E-state index is 0.0843. The summed E-state index contributed by atoms with van der Waals surface area (Å²) in [6.07, 6.45) is 0. The highest BCUT2D eigenvalue weighted by atomic mass is 35.5. The Labute approximate surface area is 120 Å². The third-order valence-corrected chi connectivity index (χ3v) is 3.38. The Kier molecular flexibility index (Phi) is 3.99.